The Morgan fingerprint density at radius 2 is 1.52 bits per heavy atom. The van der Waals surface area contributed by atoms with Crippen LogP contribution in [0.15, 0.2) is 94.2 Å². The van der Waals surface area contributed by atoms with Crippen molar-refractivity contribution in [1.29, 1.82) is 0 Å². The molecule has 0 radical (unpaired) electrons. The maximum Gasteiger partial charge on any atom is 0.0301 e. The van der Waals surface area contributed by atoms with Crippen molar-refractivity contribution < 1.29 is 0 Å². The molecule has 2 nitrogen and oxygen atoms in total. The van der Waals surface area contributed by atoms with E-state index in [1.54, 1.807) is 10.5 Å². The van der Waals surface area contributed by atoms with Gasteiger partial charge in [-0.25, -0.2) is 0 Å². The van der Waals surface area contributed by atoms with E-state index in [4.69, 9.17) is 0 Å². The number of hydrogen-bond donors (Lipinski definition) is 0. The lowest BCUT2D eigenvalue weighted by Gasteiger charge is -2.61. The van der Waals surface area contributed by atoms with Crippen LogP contribution < -0.4 is 0 Å². The summed E-state index contributed by atoms with van der Waals surface area (Å²) >= 11 is 4.75. The van der Waals surface area contributed by atoms with E-state index >= 15 is 0 Å². The highest BCUT2D eigenvalue weighted by Gasteiger charge is 2.56. The molecular weight excluding hydrogens is 849 g/mol. The minimum absolute atomic E-state index is 0.298. The highest BCUT2D eigenvalue weighted by molar-refractivity contribution is 8.04. The molecule has 0 bridgehead atoms. The van der Waals surface area contributed by atoms with E-state index in [1.807, 2.05) is 16.8 Å². The third kappa shape index (κ3) is 8.43. The van der Waals surface area contributed by atoms with Crippen LogP contribution >= 0.6 is 23.5 Å². The monoisotopic (exact) mass is 937 g/mol. The lowest BCUT2D eigenvalue weighted by atomic mass is 9.51. The van der Waals surface area contributed by atoms with E-state index in [1.165, 1.54) is 173 Å². The molecule has 362 valence electrons. The number of hydrogen-bond acceptors (Lipinski definition) is 4. The van der Waals surface area contributed by atoms with Gasteiger partial charge in [0.05, 0.1) is 0 Å². The first-order valence-corrected chi connectivity index (χ1v) is 31.2. The van der Waals surface area contributed by atoms with Gasteiger partial charge in [-0.15, -0.1) is 23.5 Å². The smallest absolute Gasteiger partial charge is 0.0301 e. The number of nitrogens with zero attached hydrogens (tertiary/aromatic N) is 2. The van der Waals surface area contributed by atoms with Gasteiger partial charge in [-0.2, -0.15) is 0 Å². The fraction of sp³-hybridized carbons (Fsp3) is 0.746. The van der Waals surface area contributed by atoms with Crippen molar-refractivity contribution in [2.75, 3.05) is 0 Å². The van der Waals surface area contributed by atoms with Gasteiger partial charge in [-0.1, -0.05) is 92.7 Å². The standard InChI is InChI=1S/C63H88N2S2/c1-63(2)36-35-54-55(64(46-21-13-19-44(37-46)41-15-5-3-6-16-41)48-29-31-52-50-23-9-11-25-57(50)66-59(52)39-48)33-27-43-28-34-56(62(63)61(43)54)65(47-22-14-20-45(38-47)42-17-7-4-8-18-42)49-30-32-53-51-24-10-12-26-58(51)67-60(53)40-49/h5,9-11,13,15,17,19,23-25,41,43-50,52-55,57,59-61H,3-4,6-8,12,14,16,18,20-22,26-40H2,1-2H3. The molecule has 0 spiro atoms. The SMILES string of the molecule is CC1(C)CCC2C3C1=C(N(C1CCCC(C4=CCCCC4)C1)C1CCC4C5=C(CCC=C5)SC4C1)CCC3CCC2N(C1CC=CC(C2C=CCCC2)C1)C1CCC2C(C1)SC1C=CC=CC12. The van der Waals surface area contributed by atoms with Gasteiger partial charge in [-0.3, -0.25) is 4.90 Å². The molecule has 13 aliphatic rings. The highest BCUT2D eigenvalue weighted by Crippen LogP contribution is 2.62. The van der Waals surface area contributed by atoms with Crippen LogP contribution in [0.1, 0.15) is 187 Å². The molecule has 0 aromatic rings. The van der Waals surface area contributed by atoms with Crippen molar-refractivity contribution in [2.24, 2.45) is 58.7 Å². The second kappa shape index (κ2) is 19.1. The predicted molar refractivity (Wildman–Crippen MR) is 287 cm³/mol. The topological polar surface area (TPSA) is 6.48 Å². The van der Waals surface area contributed by atoms with Crippen molar-refractivity contribution in [3.05, 3.63) is 94.2 Å². The third-order valence-corrected chi connectivity index (χ3v) is 25.1. The second-order valence-electron chi connectivity index (χ2n) is 25.7. The summed E-state index contributed by atoms with van der Waals surface area (Å²) in [7, 11) is 0. The first-order valence-electron chi connectivity index (χ1n) is 29.3. The molecule has 13 rings (SSSR count). The summed E-state index contributed by atoms with van der Waals surface area (Å²) in [5, 5.41) is 2.36. The molecule has 2 aliphatic heterocycles. The minimum Gasteiger partial charge on any atom is -0.369 e. The zero-order valence-corrected chi connectivity index (χ0v) is 43.6. The first-order chi connectivity index (χ1) is 32.9. The molecule has 0 amide bonds. The summed E-state index contributed by atoms with van der Waals surface area (Å²) in [5.74, 6) is 7.32. The Kier molecular flexibility index (Phi) is 12.9. The summed E-state index contributed by atoms with van der Waals surface area (Å²) < 4.78 is 0. The van der Waals surface area contributed by atoms with E-state index < -0.39 is 0 Å². The molecular formula is C63H88N2S2. The van der Waals surface area contributed by atoms with Crippen LogP contribution in [0.4, 0.5) is 0 Å². The molecule has 6 fully saturated rings. The Morgan fingerprint density at radius 3 is 2.43 bits per heavy atom. The molecule has 11 aliphatic carbocycles. The molecule has 0 N–H and O–H groups in total. The van der Waals surface area contributed by atoms with Crippen LogP contribution in [0, 0.1) is 58.7 Å². The zero-order valence-electron chi connectivity index (χ0n) is 42.0. The van der Waals surface area contributed by atoms with Crippen LogP contribution in [0.3, 0.4) is 0 Å². The number of rotatable bonds is 8. The van der Waals surface area contributed by atoms with Gasteiger partial charge >= 0.3 is 0 Å². The molecule has 1 saturated heterocycles. The summed E-state index contributed by atoms with van der Waals surface area (Å²) in [4.78, 5) is 8.57. The van der Waals surface area contributed by atoms with Gasteiger partial charge in [0.15, 0.2) is 0 Å². The van der Waals surface area contributed by atoms with Crippen molar-refractivity contribution in [3.63, 3.8) is 0 Å². The molecule has 5 saturated carbocycles. The highest BCUT2D eigenvalue weighted by atomic mass is 32.2. The molecule has 2 heterocycles. The van der Waals surface area contributed by atoms with Gasteiger partial charge in [-0.05, 0) is 242 Å². The average Bonchev–Trinajstić information content (AvgIpc) is 3.94. The maximum atomic E-state index is 3.42. The maximum absolute atomic E-state index is 3.42. The lowest BCUT2D eigenvalue weighted by molar-refractivity contribution is -0.0544. The van der Waals surface area contributed by atoms with Crippen molar-refractivity contribution in [2.45, 2.75) is 233 Å². The molecule has 4 heteroatoms. The first kappa shape index (κ1) is 45.3. The minimum atomic E-state index is 0.298. The van der Waals surface area contributed by atoms with Crippen LogP contribution in [0.5, 0.6) is 0 Å². The van der Waals surface area contributed by atoms with Gasteiger partial charge in [0.1, 0.15) is 0 Å². The summed E-state index contributed by atoms with van der Waals surface area (Å²) in [6.07, 6.45) is 66.3. The Balaban J connectivity index is 0.855. The van der Waals surface area contributed by atoms with Crippen molar-refractivity contribution in [1.82, 2.24) is 9.80 Å². The fourth-order valence-electron chi connectivity index (χ4n) is 19.0. The Morgan fingerprint density at radius 1 is 0.627 bits per heavy atom. The largest absolute Gasteiger partial charge is 0.369 e. The Labute approximate surface area is 417 Å². The number of thioether (sulfide) groups is 2. The average molecular weight is 938 g/mol. The summed E-state index contributed by atoms with van der Waals surface area (Å²) in [6.45, 7) is 5.53. The van der Waals surface area contributed by atoms with E-state index in [0.717, 1.165) is 93.2 Å². The third-order valence-electron chi connectivity index (χ3n) is 21.9. The summed E-state index contributed by atoms with van der Waals surface area (Å²) in [5.41, 5.74) is 7.93. The zero-order chi connectivity index (χ0) is 44.6. The van der Waals surface area contributed by atoms with Crippen molar-refractivity contribution >= 4 is 23.5 Å². The number of fused-ring (bicyclic) bond motifs is 5. The fourth-order valence-corrected chi connectivity index (χ4v) is 22.6. The van der Waals surface area contributed by atoms with Gasteiger partial charge in [0.2, 0.25) is 0 Å². The molecule has 17 unspecified atom stereocenters. The Hall–Kier alpha value is -1.62. The summed E-state index contributed by atoms with van der Waals surface area (Å²) in [6, 6.07) is 3.68. The van der Waals surface area contributed by atoms with E-state index in [-0.39, 0.29) is 0 Å². The molecule has 17 atom stereocenters. The Bertz CT molecular complexity index is 2100. The molecule has 67 heavy (non-hydrogen) atoms. The van der Waals surface area contributed by atoms with Crippen LogP contribution in [-0.4, -0.2) is 55.8 Å². The quantitative estimate of drug-likeness (QED) is 0.224. The molecule has 0 aromatic heterocycles. The van der Waals surface area contributed by atoms with Crippen LogP contribution in [-0.2, 0) is 0 Å². The normalized spacial score (nSPS) is 45.3. The molecule has 0 aromatic carbocycles. The van der Waals surface area contributed by atoms with Crippen molar-refractivity contribution in [3.8, 4) is 0 Å². The van der Waals surface area contributed by atoms with E-state index in [0.29, 0.717) is 11.5 Å². The van der Waals surface area contributed by atoms with E-state index in [2.05, 4.69) is 114 Å². The van der Waals surface area contributed by atoms with E-state index in [9.17, 15) is 0 Å². The van der Waals surface area contributed by atoms with Gasteiger partial charge < -0.3 is 4.90 Å². The van der Waals surface area contributed by atoms with Gasteiger partial charge in [0.25, 0.3) is 0 Å². The lowest BCUT2D eigenvalue weighted by Crippen LogP contribution is -2.60. The van der Waals surface area contributed by atoms with Crippen LogP contribution in [0.25, 0.3) is 0 Å². The van der Waals surface area contributed by atoms with Gasteiger partial charge in [0, 0.05) is 51.7 Å². The number of allylic oxidation sites excluding steroid dienone is 14. The van der Waals surface area contributed by atoms with Crippen LogP contribution in [0.2, 0.25) is 0 Å². The second-order valence-corrected chi connectivity index (χ2v) is 28.5. The predicted octanol–water partition coefficient (Wildman–Crippen LogP) is 16.5.